The number of H-pyrrole nitrogens is 1. The van der Waals surface area contributed by atoms with E-state index in [9.17, 15) is 14.4 Å². The average molecular weight is 377 g/mol. The molecule has 0 radical (unpaired) electrons. The molecule has 1 aromatic rings. The van der Waals surface area contributed by atoms with Gasteiger partial charge in [-0.2, -0.15) is 0 Å². The largest absolute Gasteiger partial charge is 0.449 e. The molecule has 2 fully saturated rings. The van der Waals surface area contributed by atoms with Crippen molar-refractivity contribution >= 4 is 12.2 Å². The highest BCUT2D eigenvalue weighted by Crippen LogP contribution is 2.27. The highest BCUT2D eigenvalue weighted by molar-refractivity contribution is 5.68. The Hall–Kier alpha value is -2.51. The number of amides is 2. The van der Waals surface area contributed by atoms with Crippen molar-refractivity contribution in [1.29, 1.82) is 0 Å². The number of hydrogen-bond acceptors (Lipinski definition) is 5. The van der Waals surface area contributed by atoms with Crippen LogP contribution in [-0.2, 0) is 16.0 Å². The third-order valence-corrected chi connectivity index (χ3v) is 5.15. The summed E-state index contributed by atoms with van der Waals surface area (Å²) in [6.45, 7) is 2.29. The summed E-state index contributed by atoms with van der Waals surface area (Å²) in [5, 5.41) is 2.67. The van der Waals surface area contributed by atoms with Crippen molar-refractivity contribution in [3.05, 3.63) is 34.2 Å². The van der Waals surface area contributed by atoms with E-state index >= 15 is 0 Å². The topological polar surface area (TPSA) is 101 Å². The van der Waals surface area contributed by atoms with Crippen LogP contribution in [0.25, 0.3) is 0 Å². The van der Waals surface area contributed by atoms with Crippen molar-refractivity contribution in [1.82, 2.24) is 15.2 Å². The summed E-state index contributed by atoms with van der Waals surface area (Å²) < 4.78 is 10.9. The van der Waals surface area contributed by atoms with E-state index in [1.54, 1.807) is 17.2 Å². The summed E-state index contributed by atoms with van der Waals surface area (Å²) in [4.78, 5) is 39.3. The quantitative estimate of drug-likeness (QED) is 0.821. The van der Waals surface area contributed by atoms with Gasteiger partial charge >= 0.3 is 12.2 Å². The fourth-order valence-electron chi connectivity index (χ4n) is 3.56. The number of nitrogens with zero attached hydrogens (tertiary/aromatic N) is 1. The molecule has 1 aromatic heterocycles. The Balaban J connectivity index is 1.31. The molecule has 2 aliphatic rings. The number of ether oxygens (including phenoxy) is 2. The molecule has 0 spiro atoms. The van der Waals surface area contributed by atoms with Crippen molar-refractivity contribution in [3.8, 4) is 0 Å². The third kappa shape index (κ3) is 6.01. The van der Waals surface area contributed by atoms with E-state index in [0.29, 0.717) is 12.5 Å². The summed E-state index contributed by atoms with van der Waals surface area (Å²) >= 11 is 0. The van der Waals surface area contributed by atoms with Gasteiger partial charge in [-0.15, -0.1) is 0 Å². The molecule has 8 heteroatoms. The number of rotatable bonds is 5. The molecular formula is C19H27N3O5. The Morgan fingerprint density at radius 1 is 1.19 bits per heavy atom. The number of carbonyl (C=O) groups is 2. The second-order valence-corrected chi connectivity index (χ2v) is 7.23. The maximum atomic E-state index is 11.9. The van der Waals surface area contributed by atoms with E-state index in [4.69, 9.17) is 9.47 Å². The molecule has 0 unspecified atom stereocenters. The number of aromatic amines is 1. The standard InChI is InChI=1S/C19H27N3O5/c23-17-11-15(7-8-20-17)12-21-18(24)27-16-5-3-14(4-6-16)13-26-19(25)22-9-1-2-10-22/h7-8,11,14,16H,1-6,9-10,12-13H2,(H,20,23)(H,21,24). The normalized spacial score (nSPS) is 22.3. The van der Waals surface area contributed by atoms with E-state index in [1.165, 1.54) is 6.07 Å². The highest BCUT2D eigenvalue weighted by atomic mass is 16.6. The summed E-state index contributed by atoms with van der Waals surface area (Å²) in [5.74, 6) is 0.329. The molecule has 0 bridgehead atoms. The smallest absolute Gasteiger partial charge is 0.409 e. The van der Waals surface area contributed by atoms with Crippen LogP contribution in [-0.4, -0.2) is 47.9 Å². The molecule has 8 nitrogen and oxygen atoms in total. The van der Waals surface area contributed by atoms with Crippen LogP contribution in [0.5, 0.6) is 0 Å². The molecule has 148 valence electrons. The van der Waals surface area contributed by atoms with Gasteiger partial charge in [0.2, 0.25) is 5.56 Å². The monoisotopic (exact) mass is 377 g/mol. The Morgan fingerprint density at radius 3 is 2.63 bits per heavy atom. The zero-order valence-corrected chi connectivity index (χ0v) is 15.4. The number of carbonyl (C=O) groups excluding carboxylic acids is 2. The van der Waals surface area contributed by atoms with Crippen molar-refractivity contribution < 1.29 is 19.1 Å². The predicted octanol–water partition coefficient (Wildman–Crippen LogP) is 2.39. The lowest BCUT2D eigenvalue weighted by Gasteiger charge is -2.28. The van der Waals surface area contributed by atoms with Crippen LogP contribution in [0, 0.1) is 5.92 Å². The second kappa shape index (κ2) is 9.43. The molecule has 1 aliphatic carbocycles. The van der Waals surface area contributed by atoms with Crippen LogP contribution in [0.1, 0.15) is 44.1 Å². The minimum absolute atomic E-state index is 0.116. The molecule has 0 aromatic carbocycles. The van der Waals surface area contributed by atoms with Crippen molar-refractivity contribution in [3.63, 3.8) is 0 Å². The number of likely N-dealkylation sites (tertiary alicyclic amines) is 1. The minimum atomic E-state index is -0.473. The lowest BCUT2D eigenvalue weighted by molar-refractivity contribution is 0.0442. The van der Waals surface area contributed by atoms with Crippen LogP contribution in [0.15, 0.2) is 23.1 Å². The van der Waals surface area contributed by atoms with Gasteiger partial charge in [-0.25, -0.2) is 9.59 Å². The number of alkyl carbamates (subject to hydrolysis) is 1. The van der Waals surface area contributed by atoms with Gasteiger partial charge in [0, 0.05) is 31.9 Å². The Kier molecular flexibility index (Phi) is 6.73. The third-order valence-electron chi connectivity index (χ3n) is 5.15. The van der Waals surface area contributed by atoms with E-state index in [-0.39, 0.29) is 24.3 Å². The summed E-state index contributed by atoms with van der Waals surface area (Å²) in [6, 6.07) is 3.17. The Labute approximate surface area is 158 Å². The number of hydrogen-bond donors (Lipinski definition) is 2. The molecular weight excluding hydrogens is 350 g/mol. The van der Waals surface area contributed by atoms with E-state index < -0.39 is 6.09 Å². The maximum absolute atomic E-state index is 11.9. The highest BCUT2D eigenvalue weighted by Gasteiger charge is 2.26. The Bertz CT molecular complexity index is 691. The Morgan fingerprint density at radius 2 is 1.93 bits per heavy atom. The molecule has 3 rings (SSSR count). The van der Waals surface area contributed by atoms with Gasteiger partial charge < -0.3 is 24.7 Å². The maximum Gasteiger partial charge on any atom is 0.409 e. The van der Waals surface area contributed by atoms with E-state index in [0.717, 1.165) is 57.2 Å². The van der Waals surface area contributed by atoms with E-state index in [2.05, 4.69) is 10.3 Å². The van der Waals surface area contributed by atoms with Gasteiger partial charge in [0.05, 0.1) is 6.61 Å². The zero-order valence-electron chi connectivity index (χ0n) is 15.4. The number of pyridine rings is 1. The molecule has 2 N–H and O–H groups in total. The predicted molar refractivity (Wildman–Crippen MR) is 98.3 cm³/mol. The van der Waals surface area contributed by atoms with Gasteiger partial charge in [0.1, 0.15) is 6.10 Å². The summed E-state index contributed by atoms with van der Waals surface area (Å²) in [7, 11) is 0. The first-order valence-corrected chi connectivity index (χ1v) is 9.64. The fourth-order valence-corrected chi connectivity index (χ4v) is 3.56. The van der Waals surface area contributed by atoms with Crippen LogP contribution in [0.3, 0.4) is 0 Å². The van der Waals surface area contributed by atoms with Crippen molar-refractivity contribution in [2.45, 2.75) is 51.2 Å². The van der Waals surface area contributed by atoms with Gasteiger partial charge in [0.15, 0.2) is 0 Å². The first kappa shape index (κ1) is 19.3. The van der Waals surface area contributed by atoms with Crippen molar-refractivity contribution in [2.75, 3.05) is 19.7 Å². The lowest BCUT2D eigenvalue weighted by atomic mass is 9.88. The van der Waals surface area contributed by atoms with Gasteiger partial charge in [-0.3, -0.25) is 4.79 Å². The minimum Gasteiger partial charge on any atom is -0.449 e. The van der Waals surface area contributed by atoms with Crippen LogP contribution in [0.2, 0.25) is 0 Å². The van der Waals surface area contributed by atoms with Crippen molar-refractivity contribution in [2.24, 2.45) is 5.92 Å². The molecule has 1 saturated heterocycles. The lowest BCUT2D eigenvalue weighted by Crippen LogP contribution is -2.33. The second-order valence-electron chi connectivity index (χ2n) is 7.23. The molecule has 1 saturated carbocycles. The van der Waals surface area contributed by atoms with Crippen LogP contribution >= 0.6 is 0 Å². The van der Waals surface area contributed by atoms with Crippen LogP contribution < -0.4 is 10.9 Å². The average Bonchev–Trinajstić information content (AvgIpc) is 3.21. The zero-order chi connectivity index (χ0) is 19.1. The summed E-state index contributed by atoms with van der Waals surface area (Å²) in [5.41, 5.74) is 0.519. The molecule has 27 heavy (non-hydrogen) atoms. The molecule has 2 heterocycles. The fraction of sp³-hybridized carbons (Fsp3) is 0.632. The number of nitrogens with one attached hydrogen (secondary N) is 2. The van der Waals surface area contributed by atoms with Crippen LogP contribution in [0.4, 0.5) is 9.59 Å². The summed E-state index contributed by atoms with van der Waals surface area (Å²) in [6.07, 6.45) is 6.15. The molecule has 0 atom stereocenters. The molecule has 2 amide bonds. The van der Waals surface area contributed by atoms with Gasteiger partial charge in [0.25, 0.3) is 0 Å². The van der Waals surface area contributed by atoms with Gasteiger partial charge in [-0.1, -0.05) is 0 Å². The SMILES string of the molecule is O=C(NCc1cc[nH]c(=O)c1)OC1CCC(COC(=O)N2CCCC2)CC1. The molecule has 1 aliphatic heterocycles. The number of aromatic nitrogens is 1. The van der Waals surface area contributed by atoms with E-state index in [1.807, 2.05) is 0 Å². The van der Waals surface area contributed by atoms with Gasteiger partial charge in [-0.05, 0) is 56.1 Å². The first-order chi connectivity index (χ1) is 13.1. The first-order valence-electron chi connectivity index (χ1n) is 9.64.